The van der Waals surface area contributed by atoms with Crippen molar-refractivity contribution in [3.8, 4) is 0 Å². The van der Waals surface area contributed by atoms with Gasteiger partial charge in [0.25, 0.3) is 5.91 Å². The molecule has 1 aromatic heterocycles. The molecule has 1 aromatic rings. The van der Waals surface area contributed by atoms with Gasteiger partial charge in [-0.3, -0.25) is 19.8 Å². The molecule has 1 fully saturated rings. The summed E-state index contributed by atoms with van der Waals surface area (Å²) in [5, 5.41) is 2.41. The van der Waals surface area contributed by atoms with Gasteiger partial charge in [-0.15, -0.1) is 0 Å². The lowest BCUT2D eigenvalue weighted by Crippen LogP contribution is -2.45. The number of carbonyl (C=O) groups excluding carboxylic acids is 2. The highest BCUT2D eigenvalue weighted by Gasteiger charge is 2.19. The topological polar surface area (TPSA) is 80.4 Å². The zero-order valence-corrected chi connectivity index (χ0v) is 11.1. The minimum absolute atomic E-state index is 0.240. The summed E-state index contributed by atoms with van der Waals surface area (Å²) in [6, 6.07) is 3.69. The maximum atomic E-state index is 11.8. The van der Waals surface area contributed by atoms with Crippen molar-refractivity contribution in [2.24, 2.45) is 12.8 Å². The van der Waals surface area contributed by atoms with Crippen LogP contribution in [0.25, 0.3) is 0 Å². The van der Waals surface area contributed by atoms with Gasteiger partial charge in [0.05, 0.1) is 6.54 Å². The average molecular weight is 264 g/mol. The van der Waals surface area contributed by atoms with E-state index >= 15 is 0 Å². The SMILES string of the molecule is Cn1cccc1C(=O)NC(=O)CN1CCC(N)CC1. The van der Waals surface area contributed by atoms with Crippen molar-refractivity contribution in [1.82, 2.24) is 14.8 Å². The Kier molecular flexibility index (Phi) is 4.34. The van der Waals surface area contributed by atoms with Gasteiger partial charge >= 0.3 is 0 Å². The van der Waals surface area contributed by atoms with Gasteiger partial charge in [0, 0.05) is 32.4 Å². The van der Waals surface area contributed by atoms with E-state index in [1.54, 1.807) is 29.9 Å². The number of piperidine rings is 1. The van der Waals surface area contributed by atoms with Crippen LogP contribution in [0.15, 0.2) is 18.3 Å². The number of nitrogens with zero attached hydrogens (tertiary/aromatic N) is 2. The van der Waals surface area contributed by atoms with Crippen molar-refractivity contribution in [2.75, 3.05) is 19.6 Å². The van der Waals surface area contributed by atoms with Crippen LogP contribution >= 0.6 is 0 Å². The summed E-state index contributed by atoms with van der Waals surface area (Å²) in [5.74, 6) is -0.618. The molecule has 6 nitrogen and oxygen atoms in total. The lowest BCUT2D eigenvalue weighted by molar-refractivity contribution is -0.121. The van der Waals surface area contributed by atoms with Crippen molar-refractivity contribution < 1.29 is 9.59 Å². The third-order valence-electron chi connectivity index (χ3n) is 3.43. The van der Waals surface area contributed by atoms with Crippen molar-refractivity contribution in [3.05, 3.63) is 24.0 Å². The number of imide groups is 1. The molecule has 0 saturated carbocycles. The smallest absolute Gasteiger partial charge is 0.274 e. The fourth-order valence-corrected chi connectivity index (χ4v) is 2.24. The van der Waals surface area contributed by atoms with Crippen LogP contribution in [0, 0.1) is 0 Å². The Labute approximate surface area is 112 Å². The number of aromatic nitrogens is 1. The Morgan fingerprint density at radius 1 is 1.42 bits per heavy atom. The standard InChI is InChI=1S/C13H20N4O2/c1-16-6-2-3-11(16)13(19)15-12(18)9-17-7-4-10(14)5-8-17/h2-3,6,10H,4-5,7-9,14H2,1H3,(H,15,18,19). The second kappa shape index (κ2) is 5.99. The zero-order valence-electron chi connectivity index (χ0n) is 11.1. The van der Waals surface area contributed by atoms with Crippen LogP contribution < -0.4 is 11.1 Å². The largest absolute Gasteiger partial charge is 0.347 e. The molecule has 19 heavy (non-hydrogen) atoms. The van der Waals surface area contributed by atoms with E-state index in [4.69, 9.17) is 5.73 Å². The summed E-state index contributed by atoms with van der Waals surface area (Å²) in [7, 11) is 1.77. The summed E-state index contributed by atoms with van der Waals surface area (Å²) in [4.78, 5) is 25.7. The molecular weight excluding hydrogens is 244 g/mol. The molecule has 3 N–H and O–H groups in total. The normalized spacial score (nSPS) is 17.4. The molecule has 1 saturated heterocycles. The maximum absolute atomic E-state index is 11.8. The van der Waals surface area contributed by atoms with Gasteiger partial charge in [0.2, 0.25) is 5.91 Å². The predicted octanol–water partition coefficient (Wildman–Crippen LogP) is -0.295. The van der Waals surface area contributed by atoms with Gasteiger partial charge < -0.3 is 10.3 Å². The molecule has 2 heterocycles. The average Bonchev–Trinajstić information content (AvgIpc) is 2.78. The first-order valence-electron chi connectivity index (χ1n) is 6.49. The molecule has 1 aliphatic heterocycles. The highest BCUT2D eigenvalue weighted by molar-refractivity contribution is 6.04. The minimum atomic E-state index is -0.355. The Balaban J connectivity index is 1.81. The Bertz CT molecular complexity index is 461. The number of nitrogens with two attached hydrogens (primary N) is 1. The number of carbonyl (C=O) groups is 2. The summed E-state index contributed by atoms with van der Waals surface area (Å²) in [5.41, 5.74) is 6.29. The van der Waals surface area contributed by atoms with E-state index in [-0.39, 0.29) is 24.4 Å². The van der Waals surface area contributed by atoms with E-state index < -0.39 is 0 Å². The summed E-state index contributed by atoms with van der Waals surface area (Å²) in [6.07, 6.45) is 3.57. The van der Waals surface area contributed by atoms with Crippen LogP contribution in [-0.4, -0.2) is 47.0 Å². The van der Waals surface area contributed by atoms with Crippen LogP contribution in [0.4, 0.5) is 0 Å². The fourth-order valence-electron chi connectivity index (χ4n) is 2.24. The van der Waals surface area contributed by atoms with Gasteiger partial charge in [-0.1, -0.05) is 0 Å². The lowest BCUT2D eigenvalue weighted by Gasteiger charge is -2.29. The first-order valence-corrected chi connectivity index (χ1v) is 6.49. The number of rotatable bonds is 3. The number of amides is 2. The fraction of sp³-hybridized carbons (Fsp3) is 0.538. The Hall–Kier alpha value is -1.66. The monoisotopic (exact) mass is 264 g/mol. The number of hydrogen-bond acceptors (Lipinski definition) is 4. The molecule has 0 radical (unpaired) electrons. The maximum Gasteiger partial charge on any atom is 0.274 e. The first kappa shape index (κ1) is 13.8. The van der Waals surface area contributed by atoms with Gasteiger partial charge in [0.15, 0.2) is 0 Å². The highest BCUT2D eigenvalue weighted by Crippen LogP contribution is 2.07. The third kappa shape index (κ3) is 3.65. The molecular formula is C13H20N4O2. The molecule has 6 heteroatoms. The molecule has 0 aliphatic carbocycles. The van der Waals surface area contributed by atoms with Crippen LogP contribution in [0.3, 0.4) is 0 Å². The molecule has 2 amide bonds. The third-order valence-corrected chi connectivity index (χ3v) is 3.43. The van der Waals surface area contributed by atoms with Gasteiger partial charge in [0.1, 0.15) is 5.69 Å². The number of aryl methyl sites for hydroxylation is 1. The summed E-state index contributed by atoms with van der Waals surface area (Å²) in [6.45, 7) is 1.88. The minimum Gasteiger partial charge on any atom is -0.347 e. The quantitative estimate of drug-likeness (QED) is 0.786. The molecule has 2 rings (SSSR count). The van der Waals surface area contributed by atoms with E-state index in [9.17, 15) is 9.59 Å². The van der Waals surface area contributed by atoms with Crippen LogP contribution in [-0.2, 0) is 11.8 Å². The van der Waals surface area contributed by atoms with E-state index in [0.717, 1.165) is 25.9 Å². The molecule has 0 unspecified atom stereocenters. The lowest BCUT2D eigenvalue weighted by atomic mass is 10.1. The zero-order chi connectivity index (χ0) is 13.8. The Morgan fingerprint density at radius 2 is 2.11 bits per heavy atom. The van der Waals surface area contributed by atoms with Crippen LogP contribution in [0.1, 0.15) is 23.3 Å². The van der Waals surface area contributed by atoms with Crippen molar-refractivity contribution in [2.45, 2.75) is 18.9 Å². The predicted molar refractivity (Wildman–Crippen MR) is 71.5 cm³/mol. The molecule has 0 aromatic carbocycles. The number of likely N-dealkylation sites (tertiary alicyclic amines) is 1. The van der Waals surface area contributed by atoms with E-state index in [1.807, 2.05) is 4.90 Å². The van der Waals surface area contributed by atoms with Crippen molar-refractivity contribution in [1.29, 1.82) is 0 Å². The van der Waals surface area contributed by atoms with Crippen LogP contribution in [0.2, 0.25) is 0 Å². The number of hydrogen-bond donors (Lipinski definition) is 2. The van der Waals surface area contributed by atoms with E-state index in [0.29, 0.717) is 5.69 Å². The molecule has 1 aliphatic rings. The van der Waals surface area contributed by atoms with Gasteiger partial charge in [-0.2, -0.15) is 0 Å². The number of nitrogens with one attached hydrogen (secondary N) is 1. The molecule has 104 valence electrons. The van der Waals surface area contributed by atoms with E-state index in [1.165, 1.54) is 0 Å². The van der Waals surface area contributed by atoms with E-state index in [2.05, 4.69) is 5.32 Å². The van der Waals surface area contributed by atoms with Gasteiger partial charge in [-0.05, 0) is 25.0 Å². The molecule has 0 bridgehead atoms. The van der Waals surface area contributed by atoms with Gasteiger partial charge in [-0.25, -0.2) is 0 Å². The summed E-state index contributed by atoms with van der Waals surface area (Å²) >= 11 is 0. The second-order valence-corrected chi connectivity index (χ2v) is 5.00. The highest BCUT2D eigenvalue weighted by atomic mass is 16.2. The molecule has 0 atom stereocenters. The summed E-state index contributed by atoms with van der Waals surface area (Å²) < 4.78 is 1.68. The van der Waals surface area contributed by atoms with Crippen molar-refractivity contribution >= 4 is 11.8 Å². The second-order valence-electron chi connectivity index (χ2n) is 5.00. The van der Waals surface area contributed by atoms with Crippen molar-refractivity contribution in [3.63, 3.8) is 0 Å². The molecule has 0 spiro atoms. The Morgan fingerprint density at radius 3 is 2.68 bits per heavy atom. The first-order chi connectivity index (χ1) is 9.06. The van der Waals surface area contributed by atoms with Crippen LogP contribution in [0.5, 0.6) is 0 Å².